The van der Waals surface area contributed by atoms with E-state index in [2.05, 4.69) is 0 Å². The van der Waals surface area contributed by atoms with Crippen molar-refractivity contribution in [3.05, 3.63) is 12.2 Å². The molecule has 1 heterocycles. The van der Waals surface area contributed by atoms with Crippen LogP contribution in [0.25, 0.3) is 0 Å². The highest BCUT2D eigenvalue weighted by Crippen LogP contribution is 2.30. The van der Waals surface area contributed by atoms with Gasteiger partial charge in [0.1, 0.15) is 12.5 Å². The van der Waals surface area contributed by atoms with Gasteiger partial charge in [0.2, 0.25) is 0 Å². The Morgan fingerprint density at radius 3 is 2.60 bits per heavy atom. The normalized spacial score (nSPS) is 25.9. The maximum Gasteiger partial charge on any atom is 0.312 e. The van der Waals surface area contributed by atoms with Crippen LogP contribution in [-0.2, 0) is 23.8 Å². The summed E-state index contributed by atoms with van der Waals surface area (Å²) in [4.78, 5) is 24.1. The van der Waals surface area contributed by atoms with Crippen molar-refractivity contribution in [1.29, 1.82) is 0 Å². The lowest BCUT2D eigenvalue weighted by atomic mass is 9.90. The van der Waals surface area contributed by atoms with Crippen LogP contribution in [0.2, 0.25) is 0 Å². The molecule has 3 unspecified atom stereocenters. The molecule has 6 heteroatoms. The van der Waals surface area contributed by atoms with Gasteiger partial charge in [0, 0.05) is 6.54 Å². The first-order valence-corrected chi connectivity index (χ1v) is 6.93. The molecule has 0 aliphatic carbocycles. The second kappa shape index (κ2) is 8.71. The van der Waals surface area contributed by atoms with Crippen molar-refractivity contribution < 1.29 is 23.8 Å². The molecule has 0 spiro atoms. The number of hydrogen-bond donors (Lipinski definition) is 1. The Hall–Kier alpha value is -1.40. The summed E-state index contributed by atoms with van der Waals surface area (Å²) in [6.07, 6.45) is 3.84. The average molecular weight is 285 g/mol. The molecule has 0 saturated carbocycles. The summed E-state index contributed by atoms with van der Waals surface area (Å²) >= 11 is 0. The van der Waals surface area contributed by atoms with Crippen LogP contribution in [-0.4, -0.2) is 44.4 Å². The number of nitrogens with two attached hydrogens (primary N) is 1. The van der Waals surface area contributed by atoms with E-state index >= 15 is 0 Å². The molecule has 0 aromatic carbocycles. The third-order valence-corrected chi connectivity index (χ3v) is 3.02. The predicted octanol–water partition coefficient (Wildman–Crippen LogP) is 0.649. The van der Waals surface area contributed by atoms with E-state index < -0.39 is 29.9 Å². The lowest BCUT2D eigenvalue weighted by molar-refractivity contribution is -0.159. The molecule has 114 valence electrons. The summed E-state index contributed by atoms with van der Waals surface area (Å²) < 4.78 is 15.7. The zero-order chi connectivity index (χ0) is 15.0. The fourth-order valence-corrected chi connectivity index (χ4v) is 2.09. The minimum atomic E-state index is -0.650. The highest BCUT2D eigenvalue weighted by Gasteiger charge is 2.46. The second-order valence-corrected chi connectivity index (χ2v) is 4.58. The van der Waals surface area contributed by atoms with Crippen molar-refractivity contribution in [2.45, 2.75) is 26.4 Å². The van der Waals surface area contributed by atoms with Crippen molar-refractivity contribution in [3.63, 3.8) is 0 Å². The van der Waals surface area contributed by atoms with Crippen LogP contribution < -0.4 is 5.73 Å². The van der Waals surface area contributed by atoms with Gasteiger partial charge >= 0.3 is 11.9 Å². The van der Waals surface area contributed by atoms with E-state index in [0.29, 0.717) is 6.61 Å². The molecule has 2 N–H and O–H groups in total. The van der Waals surface area contributed by atoms with Crippen LogP contribution in [0.3, 0.4) is 0 Å². The van der Waals surface area contributed by atoms with Gasteiger partial charge in [-0.25, -0.2) is 0 Å². The first-order valence-electron chi connectivity index (χ1n) is 6.93. The molecule has 0 radical (unpaired) electrons. The smallest absolute Gasteiger partial charge is 0.312 e. The van der Waals surface area contributed by atoms with Crippen LogP contribution >= 0.6 is 0 Å². The summed E-state index contributed by atoms with van der Waals surface area (Å²) in [6.45, 7) is 4.63. The van der Waals surface area contributed by atoms with E-state index in [1.807, 2.05) is 13.8 Å². The second-order valence-electron chi connectivity index (χ2n) is 4.58. The molecule has 1 aliphatic rings. The molecule has 1 fully saturated rings. The van der Waals surface area contributed by atoms with Gasteiger partial charge < -0.3 is 19.9 Å². The Labute approximate surface area is 119 Å². The number of hydrogen-bond acceptors (Lipinski definition) is 6. The van der Waals surface area contributed by atoms with Crippen LogP contribution in [0.5, 0.6) is 0 Å². The topological polar surface area (TPSA) is 87.9 Å². The average Bonchev–Trinajstić information content (AvgIpc) is 2.86. The van der Waals surface area contributed by atoms with Crippen molar-refractivity contribution >= 4 is 11.9 Å². The maximum absolute atomic E-state index is 12.1. The maximum atomic E-state index is 12.1. The van der Waals surface area contributed by atoms with Crippen molar-refractivity contribution in [3.8, 4) is 0 Å². The zero-order valence-corrected chi connectivity index (χ0v) is 12.0. The van der Waals surface area contributed by atoms with Crippen molar-refractivity contribution in [2.24, 2.45) is 17.6 Å². The Bertz CT molecular complexity index is 355. The van der Waals surface area contributed by atoms with Gasteiger partial charge in [0.15, 0.2) is 0 Å². The minimum absolute atomic E-state index is 0.139. The molecule has 0 bridgehead atoms. The summed E-state index contributed by atoms with van der Waals surface area (Å²) in [6, 6.07) is 0. The molecule has 0 aromatic heterocycles. The molecule has 1 saturated heterocycles. The van der Waals surface area contributed by atoms with Gasteiger partial charge in [-0.05, 0) is 13.3 Å². The summed E-state index contributed by atoms with van der Waals surface area (Å²) in [5.74, 6) is -2.15. The predicted molar refractivity (Wildman–Crippen MR) is 72.8 cm³/mol. The van der Waals surface area contributed by atoms with E-state index in [1.54, 1.807) is 12.2 Å². The molecule has 0 aromatic rings. The van der Waals surface area contributed by atoms with Gasteiger partial charge in [0.05, 0.1) is 25.2 Å². The molecular formula is C14H23NO5. The highest BCUT2D eigenvalue weighted by atomic mass is 16.6. The van der Waals surface area contributed by atoms with Gasteiger partial charge in [-0.15, -0.1) is 0 Å². The first kappa shape index (κ1) is 16.7. The van der Waals surface area contributed by atoms with Gasteiger partial charge in [-0.1, -0.05) is 19.1 Å². The number of carbonyl (C=O) groups is 2. The lowest BCUT2D eigenvalue weighted by Gasteiger charge is -2.18. The van der Waals surface area contributed by atoms with E-state index in [1.165, 1.54) is 0 Å². The fraction of sp³-hybridized carbons (Fsp3) is 0.714. The third kappa shape index (κ3) is 4.31. The Morgan fingerprint density at radius 1 is 1.30 bits per heavy atom. The van der Waals surface area contributed by atoms with Gasteiger partial charge in [-0.3, -0.25) is 9.59 Å². The number of ether oxygens (including phenoxy) is 3. The third-order valence-electron chi connectivity index (χ3n) is 3.02. The lowest BCUT2D eigenvalue weighted by Crippen LogP contribution is -2.35. The molecule has 1 rings (SSSR count). The Balaban J connectivity index is 2.76. The number of rotatable bonds is 7. The molecule has 1 aliphatic heterocycles. The largest absolute Gasteiger partial charge is 0.465 e. The number of carbonyl (C=O) groups excluding carboxylic acids is 2. The summed E-state index contributed by atoms with van der Waals surface area (Å²) in [5.41, 5.74) is 5.30. The van der Waals surface area contributed by atoms with E-state index in [0.717, 1.165) is 6.42 Å². The van der Waals surface area contributed by atoms with E-state index in [-0.39, 0.29) is 19.8 Å². The van der Waals surface area contributed by atoms with Crippen LogP contribution in [0.1, 0.15) is 20.3 Å². The Morgan fingerprint density at radius 2 is 2.00 bits per heavy atom. The standard InChI is InChI=1S/C14H23NO5/c1-3-5-11-12(14(17)18-7-4-2)10(9-20-11)13(16)19-8-6-15/h3,5,10-12H,4,6-9,15H2,1-2H3. The summed E-state index contributed by atoms with van der Waals surface area (Å²) in [5, 5.41) is 0. The first-order chi connectivity index (χ1) is 9.65. The van der Waals surface area contributed by atoms with Gasteiger partial charge in [-0.2, -0.15) is 0 Å². The number of allylic oxidation sites excluding steroid dienone is 1. The molecular weight excluding hydrogens is 262 g/mol. The van der Waals surface area contributed by atoms with Crippen molar-refractivity contribution in [1.82, 2.24) is 0 Å². The van der Waals surface area contributed by atoms with Crippen LogP contribution in [0.4, 0.5) is 0 Å². The van der Waals surface area contributed by atoms with Gasteiger partial charge in [0.25, 0.3) is 0 Å². The minimum Gasteiger partial charge on any atom is -0.465 e. The van der Waals surface area contributed by atoms with E-state index in [9.17, 15) is 9.59 Å². The highest BCUT2D eigenvalue weighted by molar-refractivity contribution is 5.83. The molecule has 6 nitrogen and oxygen atoms in total. The molecule has 3 atom stereocenters. The quantitative estimate of drug-likeness (QED) is 0.546. The number of esters is 2. The summed E-state index contributed by atoms with van der Waals surface area (Å²) in [7, 11) is 0. The zero-order valence-electron chi connectivity index (χ0n) is 12.0. The van der Waals surface area contributed by atoms with Crippen LogP contribution in [0, 0.1) is 11.8 Å². The molecule has 20 heavy (non-hydrogen) atoms. The van der Waals surface area contributed by atoms with Crippen LogP contribution in [0.15, 0.2) is 12.2 Å². The Kier molecular flexibility index (Phi) is 7.25. The molecule has 0 amide bonds. The van der Waals surface area contributed by atoms with E-state index in [4.69, 9.17) is 19.9 Å². The fourth-order valence-electron chi connectivity index (χ4n) is 2.09. The SMILES string of the molecule is CC=CC1OCC(C(=O)OCCN)C1C(=O)OCCC. The monoisotopic (exact) mass is 285 g/mol. The van der Waals surface area contributed by atoms with Crippen molar-refractivity contribution in [2.75, 3.05) is 26.4 Å².